The van der Waals surface area contributed by atoms with Crippen molar-refractivity contribution in [1.29, 1.82) is 0 Å². The van der Waals surface area contributed by atoms with Crippen LogP contribution in [0.3, 0.4) is 0 Å². The summed E-state index contributed by atoms with van der Waals surface area (Å²) in [6.45, 7) is 0.0321. The minimum atomic E-state index is -3.59. The van der Waals surface area contributed by atoms with Gasteiger partial charge in [-0.1, -0.05) is 15.9 Å². The first kappa shape index (κ1) is 16.1. The summed E-state index contributed by atoms with van der Waals surface area (Å²) < 4.78 is 26.8. The van der Waals surface area contributed by atoms with E-state index in [1.54, 1.807) is 12.1 Å². The van der Waals surface area contributed by atoms with Gasteiger partial charge in [-0.25, -0.2) is 13.1 Å². The Morgan fingerprint density at radius 3 is 2.42 bits per heavy atom. The highest BCUT2D eigenvalue weighted by molar-refractivity contribution is 9.10. The first-order valence-corrected chi connectivity index (χ1v) is 7.86. The number of halogens is 1. The van der Waals surface area contributed by atoms with Gasteiger partial charge in [0.2, 0.25) is 15.9 Å². The molecule has 0 saturated heterocycles. The Balaban J connectivity index is 2.47. The zero-order valence-electron chi connectivity index (χ0n) is 10.1. The topological polar surface area (TPSA) is 95.5 Å². The molecule has 0 saturated carbocycles. The predicted octanol–water partition coefficient (Wildman–Crippen LogP) is 0.226. The van der Waals surface area contributed by atoms with Crippen LogP contribution < -0.4 is 10.0 Å². The molecule has 0 aliphatic rings. The van der Waals surface area contributed by atoms with E-state index in [0.29, 0.717) is 0 Å². The summed E-state index contributed by atoms with van der Waals surface area (Å²) in [5.41, 5.74) is 0. The van der Waals surface area contributed by atoms with Crippen LogP contribution in [0.15, 0.2) is 33.6 Å². The molecule has 0 bridgehead atoms. The second-order valence-corrected chi connectivity index (χ2v) is 6.36. The maximum atomic E-state index is 11.8. The lowest BCUT2D eigenvalue weighted by atomic mass is 10.4. The van der Waals surface area contributed by atoms with Crippen molar-refractivity contribution in [3.63, 3.8) is 0 Å². The van der Waals surface area contributed by atoms with Crippen molar-refractivity contribution in [1.82, 2.24) is 10.0 Å². The summed E-state index contributed by atoms with van der Waals surface area (Å²) in [7, 11) is -3.59. The van der Waals surface area contributed by atoms with E-state index in [0.717, 1.165) is 4.47 Å². The number of nitrogens with one attached hydrogen (secondary N) is 2. The van der Waals surface area contributed by atoms with Gasteiger partial charge in [-0.15, -0.1) is 0 Å². The number of carbonyl (C=O) groups is 1. The molecule has 0 unspecified atom stereocenters. The minimum Gasteiger partial charge on any atom is -0.395 e. The zero-order valence-corrected chi connectivity index (χ0v) is 12.5. The summed E-state index contributed by atoms with van der Waals surface area (Å²) in [5.74, 6) is -0.312. The maximum absolute atomic E-state index is 11.8. The molecule has 6 nitrogen and oxygen atoms in total. The van der Waals surface area contributed by atoms with Gasteiger partial charge < -0.3 is 10.4 Å². The average Bonchev–Trinajstić information content (AvgIpc) is 2.36. The monoisotopic (exact) mass is 350 g/mol. The number of aliphatic hydroxyl groups is 1. The standard InChI is InChI=1S/C11H15BrN2O4S/c12-9-1-3-10(4-2-9)19(17,18)14-6-5-11(16)13-7-8-15/h1-4,14-15H,5-8H2,(H,13,16). The molecule has 0 aliphatic carbocycles. The second kappa shape index (κ2) is 7.59. The lowest BCUT2D eigenvalue weighted by molar-refractivity contribution is -0.121. The summed E-state index contributed by atoms with van der Waals surface area (Å²) in [5, 5.41) is 10.9. The Morgan fingerprint density at radius 2 is 1.84 bits per heavy atom. The molecule has 0 atom stereocenters. The van der Waals surface area contributed by atoms with Crippen LogP contribution in [0.2, 0.25) is 0 Å². The van der Waals surface area contributed by atoms with Crippen molar-refractivity contribution < 1.29 is 18.3 Å². The Bertz CT molecular complexity index is 516. The quantitative estimate of drug-likeness (QED) is 0.655. The summed E-state index contributed by atoms with van der Waals surface area (Å²) in [6.07, 6.45) is 0.0236. The van der Waals surface area contributed by atoms with Crippen LogP contribution in [0.4, 0.5) is 0 Å². The molecule has 3 N–H and O–H groups in total. The van der Waals surface area contributed by atoms with E-state index >= 15 is 0 Å². The third-order valence-corrected chi connectivity index (χ3v) is 4.21. The van der Waals surface area contributed by atoms with Crippen molar-refractivity contribution >= 4 is 31.9 Å². The first-order chi connectivity index (χ1) is 8.95. The van der Waals surface area contributed by atoms with Crippen molar-refractivity contribution in [3.05, 3.63) is 28.7 Å². The molecule has 1 aromatic carbocycles. The third-order valence-electron chi connectivity index (χ3n) is 2.20. The largest absolute Gasteiger partial charge is 0.395 e. The van der Waals surface area contributed by atoms with Gasteiger partial charge in [0.15, 0.2) is 0 Å². The van der Waals surface area contributed by atoms with E-state index in [1.807, 2.05) is 0 Å². The number of hydrogen-bond donors (Lipinski definition) is 3. The number of rotatable bonds is 7. The van der Waals surface area contributed by atoms with Crippen LogP contribution in [-0.2, 0) is 14.8 Å². The molecule has 0 spiro atoms. The van der Waals surface area contributed by atoms with Crippen LogP contribution in [0.5, 0.6) is 0 Å². The van der Waals surface area contributed by atoms with Crippen LogP contribution >= 0.6 is 15.9 Å². The molecule has 0 aliphatic heterocycles. The van der Waals surface area contributed by atoms with Gasteiger partial charge in [-0.2, -0.15) is 0 Å². The molecule has 0 heterocycles. The van der Waals surface area contributed by atoms with Gasteiger partial charge in [-0.05, 0) is 24.3 Å². The molecule has 8 heteroatoms. The Hall–Kier alpha value is -0.960. The highest BCUT2D eigenvalue weighted by Gasteiger charge is 2.13. The van der Waals surface area contributed by atoms with Gasteiger partial charge in [0.1, 0.15) is 0 Å². The van der Waals surface area contributed by atoms with Crippen molar-refractivity contribution in [2.75, 3.05) is 19.7 Å². The molecule has 106 valence electrons. The highest BCUT2D eigenvalue weighted by atomic mass is 79.9. The average molecular weight is 351 g/mol. The molecular formula is C11H15BrN2O4S. The van der Waals surface area contributed by atoms with E-state index in [4.69, 9.17) is 5.11 Å². The summed E-state index contributed by atoms with van der Waals surface area (Å²) in [4.78, 5) is 11.4. The Labute approximate surface area is 120 Å². The Kier molecular flexibility index (Phi) is 6.43. The van der Waals surface area contributed by atoms with Crippen molar-refractivity contribution in [2.45, 2.75) is 11.3 Å². The SMILES string of the molecule is O=C(CCNS(=O)(=O)c1ccc(Br)cc1)NCCO. The highest BCUT2D eigenvalue weighted by Crippen LogP contribution is 2.14. The van der Waals surface area contributed by atoms with Gasteiger partial charge in [-0.3, -0.25) is 4.79 Å². The number of carbonyl (C=O) groups excluding carboxylic acids is 1. The number of aliphatic hydroxyl groups excluding tert-OH is 1. The van der Waals surface area contributed by atoms with E-state index in [9.17, 15) is 13.2 Å². The normalized spacial score (nSPS) is 11.3. The molecule has 0 radical (unpaired) electrons. The number of benzene rings is 1. The Morgan fingerprint density at radius 1 is 1.21 bits per heavy atom. The van der Waals surface area contributed by atoms with Gasteiger partial charge in [0.25, 0.3) is 0 Å². The zero-order chi connectivity index (χ0) is 14.3. The van der Waals surface area contributed by atoms with E-state index in [1.165, 1.54) is 12.1 Å². The first-order valence-electron chi connectivity index (χ1n) is 5.58. The molecule has 0 fully saturated rings. The maximum Gasteiger partial charge on any atom is 0.240 e. The molecule has 1 rings (SSSR count). The van der Waals surface area contributed by atoms with Crippen LogP contribution in [0.25, 0.3) is 0 Å². The fourth-order valence-electron chi connectivity index (χ4n) is 1.28. The van der Waals surface area contributed by atoms with Crippen LogP contribution in [0.1, 0.15) is 6.42 Å². The van der Waals surface area contributed by atoms with Gasteiger partial charge in [0, 0.05) is 24.0 Å². The smallest absolute Gasteiger partial charge is 0.240 e. The second-order valence-electron chi connectivity index (χ2n) is 3.68. The fraction of sp³-hybridized carbons (Fsp3) is 0.364. The van der Waals surface area contributed by atoms with E-state index in [-0.39, 0.29) is 36.9 Å². The molecule has 19 heavy (non-hydrogen) atoms. The fourth-order valence-corrected chi connectivity index (χ4v) is 2.58. The van der Waals surface area contributed by atoms with E-state index in [2.05, 4.69) is 26.0 Å². The minimum absolute atomic E-state index is 0.00958. The summed E-state index contributed by atoms with van der Waals surface area (Å²) in [6, 6.07) is 6.20. The lowest BCUT2D eigenvalue weighted by Crippen LogP contribution is -2.32. The van der Waals surface area contributed by atoms with Gasteiger partial charge >= 0.3 is 0 Å². The molecule has 0 aromatic heterocycles. The third kappa shape index (κ3) is 5.68. The number of hydrogen-bond acceptors (Lipinski definition) is 4. The molecule has 1 aromatic rings. The van der Waals surface area contributed by atoms with Crippen molar-refractivity contribution in [3.8, 4) is 0 Å². The lowest BCUT2D eigenvalue weighted by Gasteiger charge is -2.07. The molecular weight excluding hydrogens is 336 g/mol. The number of amides is 1. The number of sulfonamides is 1. The van der Waals surface area contributed by atoms with Crippen LogP contribution in [0, 0.1) is 0 Å². The van der Waals surface area contributed by atoms with E-state index < -0.39 is 10.0 Å². The van der Waals surface area contributed by atoms with Gasteiger partial charge in [0.05, 0.1) is 11.5 Å². The molecule has 1 amide bonds. The summed E-state index contributed by atoms with van der Waals surface area (Å²) >= 11 is 3.22. The van der Waals surface area contributed by atoms with Crippen LogP contribution in [-0.4, -0.2) is 39.1 Å². The van der Waals surface area contributed by atoms with Crippen molar-refractivity contribution in [2.24, 2.45) is 0 Å². The predicted molar refractivity (Wildman–Crippen MR) is 74.0 cm³/mol.